The zero-order chi connectivity index (χ0) is 15.4. The molecule has 0 aromatic heterocycles. The fourth-order valence-corrected chi connectivity index (χ4v) is 3.76. The number of likely N-dealkylation sites (tertiary alicyclic amines) is 1. The Bertz CT molecular complexity index is 340. The van der Waals surface area contributed by atoms with E-state index in [1.54, 1.807) is 0 Å². The summed E-state index contributed by atoms with van der Waals surface area (Å²) in [7, 11) is 0. The summed E-state index contributed by atoms with van der Waals surface area (Å²) in [6.07, 6.45) is 6.40. The van der Waals surface area contributed by atoms with Crippen LogP contribution in [0.5, 0.6) is 0 Å². The number of rotatable bonds is 5. The second-order valence-electron chi connectivity index (χ2n) is 6.90. The van der Waals surface area contributed by atoms with Crippen LogP contribution in [0.3, 0.4) is 0 Å². The molecule has 0 amide bonds. The van der Waals surface area contributed by atoms with E-state index in [-0.39, 0.29) is 17.2 Å². The van der Waals surface area contributed by atoms with Crippen molar-refractivity contribution in [2.45, 2.75) is 70.9 Å². The topological polar surface area (TPSA) is 66.8 Å². The Hall–Kier alpha value is -0.490. The Balaban J connectivity index is 1.81. The van der Waals surface area contributed by atoms with Gasteiger partial charge in [0.25, 0.3) is 0 Å². The number of nitrogens with zero attached hydrogens (tertiary/aromatic N) is 2. The van der Waals surface area contributed by atoms with Gasteiger partial charge < -0.3 is 10.4 Å². The highest BCUT2D eigenvalue weighted by Gasteiger charge is 2.30. The lowest BCUT2D eigenvalue weighted by Crippen LogP contribution is -2.46. The van der Waals surface area contributed by atoms with Crippen molar-refractivity contribution in [1.29, 1.82) is 0 Å². The van der Waals surface area contributed by atoms with Crippen molar-refractivity contribution in [3.05, 3.63) is 5.21 Å². The van der Waals surface area contributed by atoms with Gasteiger partial charge in [-0.3, -0.25) is 14.9 Å². The predicted molar refractivity (Wildman–Crippen MR) is 81.8 cm³/mol. The fraction of sp³-hybridized carbons (Fsp3) is 0.938. The van der Waals surface area contributed by atoms with E-state index >= 15 is 0 Å². The van der Waals surface area contributed by atoms with Gasteiger partial charge in [0.05, 0.1) is 6.54 Å². The molecule has 1 saturated carbocycles. The van der Waals surface area contributed by atoms with Crippen molar-refractivity contribution < 1.29 is 10.0 Å². The third kappa shape index (κ3) is 4.49. The van der Waals surface area contributed by atoms with Gasteiger partial charge in [-0.15, -0.1) is 0 Å². The summed E-state index contributed by atoms with van der Waals surface area (Å²) in [4.78, 5) is 14.8. The van der Waals surface area contributed by atoms with E-state index in [9.17, 15) is 10.0 Å². The van der Waals surface area contributed by atoms with Crippen LogP contribution in [0.1, 0.15) is 58.8 Å². The molecule has 1 N–H and O–H groups in total. The molecule has 2 fully saturated rings. The lowest BCUT2D eigenvalue weighted by Gasteiger charge is -2.39. The molecule has 0 radical (unpaired) electrons. The van der Waals surface area contributed by atoms with Crippen molar-refractivity contribution in [2.24, 2.45) is 11.8 Å². The van der Waals surface area contributed by atoms with E-state index in [4.69, 9.17) is 5.21 Å². The monoisotopic (exact) mass is 297 g/mol. The summed E-state index contributed by atoms with van der Waals surface area (Å²) in [5, 5.41) is 19.9. The molecule has 1 heterocycles. The molecular weight excluding hydrogens is 268 g/mol. The zero-order valence-electron chi connectivity index (χ0n) is 13.3. The minimum atomic E-state index is -0.313. The number of carbonyl (C=O) groups excluding carboxylic acids is 1. The molecule has 0 bridgehead atoms. The van der Waals surface area contributed by atoms with Crippen LogP contribution in [0.25, 0.3) is 0 Å². The molecule has 5 heteroatoms. The van der Waals surface area contributed by atoms with E-state index in [2.05, 4.69) is 18.7 Å². The lowest BCUT2D eigenvalue weighted by atomic mass is 9.83. The number of carbonyl (C=O) groups is 1. The normalized spacial score (nSPS) is 35.1. The molecule has 0 aromatic rings. The van der Waals surface area contributed by atoms with Gasteiger partial charge in [-0.1, -0.05) is 13.3 Å². The Morgan fingerprint density at radius 1 is 1.24 bits per heavy atom. The van der Waals surface area contributed by atoms with E-state index in [0.717, 1.165) is 25.3 Å². The predicted octanol–water partition coefficient (Wildman–Crippen LogP) is 2.81. The molecule has 2 unspecified atom stereocenters. The molecule has 122 valence electrons. The second kappa shape index (κ2) is 7.68. The van der Waals surface area contributed by atoms with Crippen molar-refractivity contribution in [3.63, 3.8) is 0 Å². The number of ketones is 1. The van der Waals surface area contributed by atoms with Gasteiger partial charge >= 0.3 is 0 Å². The van der Waals surface area contributed by atoms with Crippen LogP contribution in [-0.2, 0) is 4.79 Å². The van der Waals surface area contributed by atoms with Crippen molar-refractivity contribution in [3.8, 4) is 0 Å². The van der Waals surface area contributed by atoms with Crippen molar-refractivity contribution >= 4 is 5.78 Å². The van der Waals surface area contributed by atoms with Crippen molar-refractivity contribution in [1.82, 2.24) is 10.1 Å². The molecular formula is C16H29N2O3-. The standard InChI is InChI=1S/C16H29N2O3/c1-3-13-5-4-12(2)17(10-13)11-16(19)14-6-8-15(9-7-14)18(20)21/h12-15,20H,3-11H2,1-2H3/q-1. The number of piperidine rings is 1. The third-order valence-corrected chi connectivity index (χ3v) is 5.51. The van der Waals surface area contributed by atoms with Gasteiger partial charge in [0.1, 0.15) is 5.78 Å². The first-order valence-corrected chi connectivity index (χ1v) is 8.43. The van der Waals surface area contributed by atoms with Crippen LogP contribution in [0.15, 0.2) is 0 Å². The van der Waals surface area contributed by atoms with Crippen LogP contribution in [0, 0.1) is 17.0 Å². The molecule has 0 aromatic carbocycles. The average molecular weight is 297 g/mol. The zero-order valence-corrected chi connectivity index (χ0v) is 13.3. The van der Waals surface area contributed by atoms with Crippen LogP contribution in [0.2, 0.25) is 0 Å². The summed E-state index contributed by atoms with van der Waals surface area (Å²) in [6.45, 7) is 6.06. The Labute approximate surface area is 127 Å². The van der Waals surface area contributed by atoms with E-state index in [0.29, 0.717) is 31.2 Å². The van der Waals surface area contributed by atoms with Gasteiger partial charge in [0.2, 0.25) is 0 Å². The van der Waals surface area contributed by atoms with E-state index in [1.165, 1.54) is 19.3 Å². The first-order chi connectivity index (χ1) is 10.0. The quantitative estimate of drug-likeness (QED) is 0.790. The first kappa shape index (κ1) is 16.9. The number of hydroxylamine groups is 2. The summed E-state index contributed by atoms with van der Waals surface area (Å²) >= 11 is 0. The number of hydrogen-bond donors (Lipinski definition) is 1. The van der Waals surface area contributed by atoms with E-state index < -0.39 is 0 Å². The largest absolute Gasteiger partial charge is 0.762 e. The number of hydrogen-bond acceptors (Lipinski definition) is 5. The van der Waals surface area contributed by atoms with Crippen LogP contribution in [-0.4, -0.2) is 46.3 Å². The number of Topliss-reactive ketones (excluding diaryl/α,β-unsaturated/α-hetero) is 1. The van der Waals surface area contributed by atoms with Gasteiger partial charge in [-0.2, -0.15) is 0 Å². The highest BCUT2D eigenvalue weighted by molar-refractivity contribution is 5.83. The van der Waals surface area contributed by atoms with E-state index in [1.807, 2.05) is 0 Å². The van der Waals surface area contributed by atoms with Crippen LogP contribution >= 0.6 is 0 Å². The molecule has 1 aliphatic heterocycles. The minimum absolute atomic E-state index is 0.0687. The van der Waals surface area contributed by atoms with Gasteiger partial charge in [0.15, 0.2) is 0 Å². The van der Waals surface area contributed by atoms with Crippen LogP contribution < -0.4 is 0 Å². The summed E-state index contributed by atoms with van der Waals surface area (Å²) < 4.78 is 0. The van der Waals surface area contributed by atoms with Crippen LogP contribution in [0.4, 0.5) is 0 Å². The maximum atomic E-state index is 12.5. The second-order valence-corrected chi connectivity index (χ2v) is 6.90. The summed E-state index contributed by atoms with van der Waals surface area (Å²) in [5.74, 6) is 1.14. The molecule has 2 aliphatic rings. The third-order valence-electron chi connectivity index (χ3n) is 5.51. The molecule has 1 aliphatic carbocycles. The average Bonchev–Trinajstić information content (AvgIpc) is 2.49. The van der Waals surface area contributed by atoms with Gasteiger partial charge in [-0.25, -0.2) is 0 Å². The highest BCUT2D eigenvalue weighted by Crippen LogP contribution is 2.29. The molecule has 1 saturated heterocycles. The minimum Gasteiger partial charge on any atom is -0.762 e. The highest BCUT2D eigenvalue weighted by atomic mass is 16.8. The fourth-order valence-electron chi connectivity index (χ4n) is 3.76. The SMILES string of the molecule is CCC1CCC(C)N(CC(=O)C2CCC(N([O-])O)CC2)C1. The maximum Gasteiger partial charge on any atom is 0.149 e. The molecule has 21 heavy (non-hydrogen) atoms. The van der Waals surface area contributed by atoms with Gasteiger partial charge in [-0.05, 0) is 51.4 Å². The molecule has 0 spiro atoms. The first-order valence-electron chi connectivity index (χ1n) is 8.43. The molecule has 2 rings (SSSR count). The lowest BCUT2D eigenvalue weighted by molar-refractivity contribution is -0.129. The Morgan fingerprint density at radius 2 is 1.90 bits per heavy atom. The molecule has 5 nitrogen and oxygen atoms in total. The smallest absolute Gasteiger partial charge is 0.149 e. The van der Waals surface area contributed by atoms with Crippen molar-refractivity contribution in [2.75, 3.05) is 13.1 Å². The summed E-state index contributed by atoms with van der Waals surface area (Å²) in [6, 6.07) is 0.190. The molecule has 2 atom stereocenters. The summed E-state index contributed by atoms with van der Waals surface area (Å²) in [5.41, 5.74) is 0. The maximum absolute atomic E-state index is 12.5. The van der Waals surface area contributed by atoms with Gasteiger partial charge in [0, 0.05) is 24.5 Å². The Kier molecular flexibility index (Phi) is 6.17. The Morgan fingerprint density at radius 3 is 2.48 bits per heavy atom.